The lowest BCUT2D eigenvalue weighted by molar-refractivity contribution is -0.140. The van der Waals surface area contributed by atoms with E-state index in [0.717, 1.165) is 6.42 Å². The lowest BCUT2D eigenvalue weighted by atomic mass is 9.71. The Labute approximate surface area is 111 Å². The Balaban J connectivity index is 2.50. The van der Waals surface area contributed by atoms with E-state index in [2.05, 4.69) is 19.2 Å². The molecule has 2 N–H and O–H groups in total. The number of carboxylic acids is 1. The van der Waals surface area contributed by atoms with E-state index in [1.807, 2.05) is 20.8 Å². The molecule has 3 nitrogen and oxygen atoms in total. The van der Waals surface area contributed by atoms with Crippen molar-refractivity contribution in [2.75, 3.05) is 0 Å². The average molecular weight is 255 g/mol. The van der Waals surface area contributed by atoms with Crippen LogP contribution in [-0.2, 0) is 4.79 Å². The number of aliphatic carboxylic acids is 1. The molecule has 0 saturated heterocycles. The summed E-state index contributed by atoms with van der Waals surface area (Å²) in [6.45, 7) is 10.7. The highest BCUT2D eigenvalue weighted by Gasteiger charge is 2.31. The molecule has 1 unspecified atom stereocenters. The van der Waals surface area contributed by atoms with Crippen molar-refractivity contribution >= 4 is 5.97 Å². The monoisotopic (exact) mass is 255 g/mol. The van der Waals surface area contributed by atoms with Crippen molar-refractivity contribution in [2.24, 2.45) is 11.3 Å². The summed E-state index contributed by atoms with van der Waals surface area (Å²) in [5.41, 5.74) is 0.309. The first-order chi connectivity index (χ1) is 8.09. The van der Waals surface area contributed by atoms with Crippen LogP contribution in [0, 0.1) is 11.3 Å². The zero-order chi connectivity index (χ0) is 14.0. The van der Waals surface area contributed by atoms with Gasteiger partial charge in [0.25, 0.3) is 0 Å². The molecule has 0 aromatic rings. The molecular formula is C15H29NO2. The SMILES string of the molecule is CC1(C)CCC(CC(NC(C)(C)C)C(=O)O)CC1. The van der Waals surface area contributed by atoms with Crippen LogP contribution in [0.1, 0.15) is 66.7 Å². The van der Waals surface area contributed by atoms with E-state index in [1.165, 1.54) is 25.7 Å². The molecule has 0 bridgehead atoms. The third-order valence-electron chi connectivity index (χ3n) is 3.93. The third-order valence-corrected chi connectivity index (χ3v) is 3.93. The molecule has 0 aromatic heterocycles. The van der Waals surface area contributed by atoms with Crippen molar-refractivity contribution in [1.82, 2.24) is 5.32 Å². The molecule has 106 valence electrons. The van der Waals surface area contributed by atoms with E-state index in [0.29, 0.717) is 11.3 Å². The fourth-order valence-corrected chi connectivity index (χ4v) is 2.77. The maximum absolute atomic E-state index is 11.3. The van der Waals surface area contributed by atoms with Gasteiger partial charge in [0.2, 0.25) is 0 Å². The van der Waals surface area contributed by atoms with Crippen molar-refractivity contribution in [3.8, 4) is 0 Å². The van der Waals surface area contributed by atoms with Gasteiger partial charge < -0.3 is 5.11 Å². The maximum Gasteiger partial charge on any atom is 0.320 e. The van der Waals surface area contributed by atoms with E-state index in [-0.39, 0.29) is 5.54 Å². The van der Waals surface area contributed by atoms with E-state index in [1.54, 1.807) is 0 Å². The standard InChI is InChI=1S/C15H29NO2/c1-14(2,3)16-12(13(17)18)10-11-6-8-15(4,5)9-7-11/h11-12,16H,6-10H2,1-5H3,(H,17,18). The van der Waals surface area contributed by atoms with Crippen molar-refractivity contribution in [1.29, 1.82) is 0 Å². The molecule has 1 saturated carbocycles. The van der Waals surface area contributed by atoms with Gasteiger partial charge in [-0.2, -0.15) is 0 Å². The molecule has 0 aliphatic heterocycles. The van der Waals surface area contributed by atoms with Crippen LogP contribution in [0.25, 0.3) is 0 Å². The van der Waals surface area contributed by atoms with Crippen molar-refractivity contribution in [3.05, 3.63) is 0 Å². The number of carboxylic acid groups (broad SMARTS) is 1. The minimum atomic E-state index is -0.713. The molecule has 1 atom stereocenters. The van der Waals surface area contributed by atoms with Gasteiger partial charge in [0.05, 0.1) is 0 Å². The van der Waals surface area contributed by atoms with Gasteiger partial charge in [-0.05, 0) is 64.2 Å². The van der Waals surface area contributed by atoms with Crippen LogP contribution in [-0.4, -0.2) is 22.7 Å². The Morgan fingerprint density at radius 2 is 1.83 bits per heavy atom. The van der Waals surface area contributed by atoms with Crippen molar-refractivity contribution in [2.45, 2.75) is 78.3 Å². The molecule has 1 fully saturated rings. The molecule has 3 heteroatoms. The number of hydrogen-bond donors (Lipinski definition) is 2. The Hall–Kier alpha value is -0.570. The minimum absolute atomic E-state index is 0.142. The van der Waals surface area contributed by atoms with Crippen LogP contribution in [0.5, 0.6) is 0 Å². The van der Waals surface area contributed by atoms with Gasteiger partial charge in [0.15, 0.2) is 0 Å². The molecule has 1 aliphatic rings. The summed E-state index contributed by atoms with van der Waals surface area (Å²) < 4.78 is 0. The molecular weight excluding hydrogens is 226 g/mol. The second-order valence-electron chi connectivity index (χ2n) is 7.63. The first kappa shape index (κ1) is 15.5. The van der Waals surface area contributed by atoms with Gasteiger partial charge in [-0.3, -0.25) is 10.1 Å². The highest BCUT2D eigenvalue weighted by atomic mass is 16.4. The fourth-order valence-electron chi connectivity index (χ4n) is 2.77. The van der Waals surface area contributed by atoms with Gasteiger partial charge in [0.1, 0.15) is 6.04 Å². The molecule has 1 aliphatic carbocycles. The van der Waals surface area contributed by atoms with Gasteiger partial charge >= 0.3 is 5.97 Å². The average Bonchev–Trinajstić information content (AvgIpc) is 2.18. The van der Waals surface area contributed by atoms with E-state index >= 15 is 0 Å². The summed E-state index contributed by atoms with van der Waals surface area (Å²) in [6, 6.07) is -0.406. The lowest BCUT2D eigenvalue weighted by Gasteiger charge is -2.36. The number of rotatable bonds is 4. The largest absolute Gasteiger partial charge is 0.480 e. The molecule has 0 aromatic carbocycles. The first-order valence-corrected chi connectivity index (χ1v) is 7.10. The summed E-state index contributed by atoms with van der Waals surface area (Å²) in [4.78, 5) is 11.3. The van der Waals surface area contributed by atoms with Crippen LogP contribution in [0.15, 0.2) is 0 Å². The van der Waals surface area contributed by atoms with Gasteiger partial charge in [-0.25, -0.2) is 0 Å². The third kappa shape index (κ3) is 5.38. The van der Waals surface area contributed by atoms with Gasteiger partial charge in [-0.15, -0.1) is 0 Å². The Morgan fingerprint density at radius 3 is 2.22 bits per heavy atom. The van der Waals surface area contributed by atoms with Crippen molar-refractivity contribution < 1.29 is 9.90 Å². The number of nitrogens with one attached hydrogen (secondary N) is 1. The normalized spacial score (nSPS) is 22.7. The van der Waals surface area contributed by atoms with Gasteiger partial charge in [0, 0.05) is 5.54 Å². The fraction of sp³-hybridized carbons (Fsp3) is 0.933. The second kappa shape index (κ2) is 5.60. The smallest absolute Gasteiger partial charge is 0.320 e. The molecule has 0 spiro atoms. The Bertz CT molecular complexity index is 281. The summed E-state index contributed by atoms with van der Waals surface area (Å²) >= 11 is 0. The van der Waals surface area contributed by atoms with Crippen LogP contribution in [0.2, 0.25) is 0 Å². The molecule has 0 heterocycles. The lowest BCUT2D eigenvalue weighted by Crippen LogP contribution is -2.48. The molecule has 0 amide bonds. The van der Waals surface area contributed by atoms with E-state index in [4.69, 9.17) is 0 Å². The Kier molecular flexibility index (Phi) is 4.82. The Morgan fingerprint density at radius 1 is 1.33 bits per heavy atom. The maximum atomic E-state index is 11.3. The summed E-state index contributed by atoms with van der Waals surface area (Å²) in [5, 5.41) is 12.5. The zero-order valence-corrected chi connectivity index (χ0v) is 12.5. The van der Waals surface area contributed by atoms with Crippen LogP contribution in [0.3, 0.4) is 0 Å². The topological polar surface area (TPSA) is 49.3 Å². The highest BCUT2D eigenvalue weighted by molar-refractivity contribution is 5.73. The number of hydrogen-bond acceptors (Lipinski definition) is 2. The molecule has 0 radical (unpaired) electrons. The minimum Gasteiger partial charge on any atom is -0.480 e. The molecule has 18 heavy (non-hydrogen) atoms. The van der Waals surface area contributed by atoms with Crippen LogP contribution < -0.4 is 5.32 Å². The zero-order valence-electron chi connectivity index (χ0n) is 12.5. The van der Waals surface area contributed by atoms with Crippen LogP contribution in [0.4, 0.5) is 0 Å². The summed E-state index contributed by atoms with van der Waals surface area (Å²) in [6.07, 6.45) is 5.55. The quantitative estimate of drug-likeness (QED) is 0.809. The second-order valence-corrected chi connectivity index (χ2v) is 7.63. The van der Waals surface area contributed by atoms with Crippen molar-refractivity contribution in [3.63, 3.8) is 0 Å². The summed E-state index contributed by atoms with van der Waals surface area (Å²) in [7, 11) is 0. The predicted octanol–water partition coefficient (Wildman–Crippen LogP) is 3.43. The van der Waals surface area contributed by atoms with E-state index in [9.17, 15) is 9.90 Å². The predicted molar refractivity (Wildman–Crippen MR) is 74.7 cm³/mol. The van der Waals surface area contributed by atoms with Crippen LogP contribution >= 0.6 is 0 Å². The first-order valence-electron chi connectivity index (χ1n) is 7.10. The highest BCUT2D eigenvalue weighted by Crippen LogP contribution is 2.39. The summed E-state index contributed by atoms with van der Waals surface area (Å²) in [5.74, 6) is -0.149. The van der Waals surface area contributed by atoms with E-state index < -0.39 is 12.0 Å². The molecule has 1 rings (SSSR count). The van der Waals surface area contributed by atoms with Gasteiger partial charge in [-0.1, -0.05) is 13.8 Å². The number of carbonyl (C=O) groups is 1.